The van der Waals surface area contributed by atoms with Crippen LogP contribution in [0.1, 0.15) is 5.56 Å². The SMILES string of the molecule is NNc1ccc([N+](=O)[O-])c(NCc2ccc(F)c(Cl)c2)n1. The Morgan fingerprint density at radius 2 is 2.14 bits per heavy atom. The molecule has 0 amide bonds. The number of nitro groups is 1. The predicted octanol–water partition coefficient (Wildman–Crippen LogP) is 2.68. The number of anilines is 2. The minimum atomic E-state index is -0.562. The summed E-state index contributed by atoms with van der Waals surface area (Å²) >= 11 is 5.67. The Balaban J connectivity index is 2.21. The third-order valence-electron chi connectivity index (χ3n) is 2.66. The first-order chi connectivity index (χ1) is 10.0. The summed E-state index contributed by atoms with van der Waals surface area (Å²) < 4.78 is 13.1. The number of hydrazine groups is 1. The monoisotopic (exact) mass is 311 g/mol. The zero-order chi connectivity index (χ0) is 15.4. The highest BCUT2D eigenvalue weighted by Crippen LogP contribution is 2.24. The molecule has 0 aliphatic heterocycles. The van der Waals surface area contributed by atoms with E-state index in [1.54, 1.807) is 0 Å². The topological polar surface area (TPSA) is 106 Å². The molecular weight excluding hydrogens is 301 g/mol. The van der Waals surface area contributed by atoms with Crippen molar-refractivity contribution < 1.29 is 9.31 Å². The fraction of sp³-hybridized carbons (Fsp3) is 0.0833. The average molecular weight is 312 g/mol. The van der Waals surface area contributed by atoms with Crippen LogP contribution in [0.4, 0.5) is 21.7 Å². The van der Waals surface area contributed by atoms with E-state index in [1.165, 1.54) is 30.3 Å². The molecule has 1 heterocycles. The first kappa shape index (κ1) is 14.9. The molecule has 1 aromatic heterocycles. The van der Waals surface area contributed by atoms with E-state index in [4.69, 9.17) is 17.4 Å². The molecule has 2 rings (SSSR count). The molecule has 0 saturated heterocycles. The standard InChI is InChI=1S/C12H11ClFN5O2/c13-8-5-7(1-2-9(8)14)6-16-12-10(19(20)21)3-4-11(17-12)18-15/h1-5H,6,15H2,(H2,16,17,18). The smallest absolute Gasteiger partial charge is 0.311 e. The van der Waals surface area contributed by atoms with Crippen LogP contribution in [0.2, 0.25) is 5.02 Å². The summed E-state index contributed by atoms with van der Waals surface area (Å²) in [6, 6.07) is 6.84. The number of hydrogen-bond acceptors (Lipinski definition) is 6. The predicted molar refractivity (Wildman–Crippen MR) is 77.4 cm³/mol. The molecule has 0 fully saturated rings. The number of rotatable bonds is 5. The largest absolute Gasteiger partial charge is 0.360 e. The van der Waals surface area contributed by atoms with E-state index in [2.05, 4.69) is 15.7 Å². The number of nitrogens with one attached hydrogen (secondary N) is 2. The molecule has 0 unspecified atom stereocenters. The second-order valence-electron chi connectivity index (χ2n) is 4.07. The van der Waals surface area contributed by atoms with E-state index >= 15 is 0 Å². The van der Waals surface area contributed by atoms with Crippen LogP contribution in [-0.2, 0) is 6.54 Å². The van der Waals surface area contributed by atoms with Crippen LogP contribution in [0.25, 0.3) is 0 Å². The second-order valence-corrected chi connectivity index (χ2v) is 4.47. The lowest BCUT2D eigenvalue weighted by Gasteiger charge is -2.08. The number of nitrogens with zero attached hydrogens (tertiary/aromatic N) is 2. The van der Waals surface area contributed by atoms with Gasteiger partial charge in [0.15, 0.2) is 0 Å². The Kier molecular flexibility index (Phi) is 4.51. The number of nitrogen functional groups attached to an aromatic ring is 1. The molecule has 1 aromatic carbocycles. The van der Waals surface area contributed by atoms with Gasteiger partial charge in [0, 0.05) is 12.6 Å². The average Bonchev–Trinajstić information content (AvgIpc) is 2.48. The van der Waals surface area contributed by atoms with Gasteiger partial charge in [-0.2, -0.15) is 0 Å². The summed E-state index contributed by atoms with van der Waals surface area (Å²) in [6.07, 6.45) is 0. The van der Waals surface area contributed by atoms with Crippen molar-refractivity contribution in [2.24, 2.45) is 5.84 Å². The van der Waals surface area contributed by atoms with Crippen LogP contribution < -0.4 is 16.6 Å². The Bertz CT molecular complexity index is 683. The zero-order valence-electron chi connectivity index (χ0n) is 10.6. The summed E-state index contributed by atoms with van der Waals surface area (Å²) in [5.74, 6) is 5.02. The summed E-state index contributed by atoms with van der Waals surface area (Å²) in [4.78, 5) is 14.3. The normalized spacial score (nSPS) is 10.2. The van der Waals surface area contributed by atoms with Crippen LogP contribution in [0.5, 0.6) is 0 Å². The Morgan fingerprint density at radius 1 is 1.38 bits per heavy atom. The number of halogens is 2. The number of benzene rings is 1. The number of nitrogens with two attached hydrogens (primary N) is 1. The maximum Gasteiger partial charge on any atom is 0.311 e. The molecule has 9 heteroatoms. The van der Waals surface area contributed by atoms with Crippen molar-refractivity contribution in [3.05, 3.63) is 56.8 Å². The molecule has 0 spiro atoms. The molecule has 0 radical (unpaired) electrons. The van der Waals surface area contributed by atoms with Crippen molar-refractivity contribution >= 4 is 28.9 Å². The van der Waals surface area contributed by atoms with E-state index in [0.29, 0.717) is 5.56 Å². The van der Waals surface area contributed by atoms with E-state index in [-0.39, 0.29) is 28.9 Å². The minimum absolute atomic E-state index is 0.0193. The van der Waals surface area contributed by atoms with Crippen LogP contribution in [-0.4, -0.2) is 9.91 Å². The van der Waals surface area contributed by atoms with Crippen molar-refractivity contribution in [2.75, 3.05) is 10.7 Å². The highest BCUT2D eigenvalue weighted by atomic mass is 35.5. The first-order valence-corrected chi connectivity index (χ1v) is 6.19. The highest BCUT2D eigenvalue weighted by Gasteiger charge is 2.15. The van der Waals surface area contributed by atoms with Gasteiger partial charge in [-0.3, -0.25) is 10.1 Å². The van der Waals surface area contributed by atoms with Gasteiger partial charge in [-0.1, -0.05) is 17.7 Å². The van der Waals surface area contributed by atoms with Crippen LogP contribution in [0.15, 0.2) is 30.3 Å². The van der Waals surface area contributed by atoms with Gasteiger partial charge in [-0.15, -0.1) is 0 Å². The van der Waals surface area contributed by atoms with Crippen molar-refractivity contribution in [2.45, 2.75) is 6.54 Å². The minimum Gasteiger partial charge on any atom is -0.360 e. The van der Waals surface area contributed by atoms with Crippen LogP contribution >= 0.6 is 11.6 Å². The Labute approximate surface area is 124 Å². The van der Waals surface area contributed by atoms with Crippen molar-refractivity contribution in [1.82, 2.24) is 4.98 Å². The summed E-state index contributed by atoms with van der Waals surface area (Å²) in [6.45, 7) is 0.196. The number of hydrogen-bond donors (Lipinski definition) is 3. The molecule has 0 aliphatic rings. The molecule has 0 aliphatic carbocycles. The van der Waals surface area contributed by atoms with Crippen LogP contribution in [0.3, 0.4) is 0 Å². The molecule has 110 valence electrons. The summed E-state index contributed by atoms with van der Waals surface area (Å²) in [5.41, 5.74) is 2.77. The zero-order valence-corrected chi connectivity index (χ0v) is 11.4. The lowest BCUT2D eigenvalue weighted by Crippen LogP contribution is -2.11. The fourth-order valence-electron chi connectivity index (χ4n) is 1.64. The number of aromatic nitrogens is 1. The van der Waals surface area contributed by atoms with Gasteiger partial charge in [-0.05, 0) is 23.8 Å². The third kappa shape index (κ3) is 3.56. The summed E-state index contributed by atoms with van der Waals surface area (Å²) in [5, 5.41) is 13.7. The molecule has 0 atom stereocenters. The summed E-state index contributed by atoms with van der Waals surface area (Å²) in [7, 11) is 0. The molecule has 2 aromatic rings. The van der Waals surface area contributed by atoms with E-state index in [1.807, 2.05) is 0 Å². The van der Waals surface area contributed by atoms with Crippen molar-refractivity contribution in [3.8, 4) is 0 Å². The molecular formula is C12H11ClFN5O2. The van der Waals surface area contributed by atoms with Gasteiger partial charge in [0.25, 0.3) is 0 Å². The molecule has 4 N–H and O–H groups in total. The Hall–Kier alpha value is -2.45. The molecule has 0 bridgehead atoms. The molecule has 21 heavy (non-hydrogen) atoms. The van der Waals surface area contributed by atoms with Gasteiger partial charge in [-0.25, -0.2) is 15.2 Å². The third-order valence-corrected chi connectivity index (χ3v) is 2.95. The second kappa shape index (κ2) is 6.33. The maximum atomic E-state index is 13.1. The molecule has 0 saturated carbocycles. The van der Waals surface area contributed by atoms with E-state index < -0.39 is 10.7 Å². The van der Waals surface area contributed by atoms with E-state index in [0.717, 1.165) is 0 Å². The van der Waals surface area contributed by atoms with Gasteiger partial charge >= 0.3 is 5.69 Å². The lowest BCUT2D eigenvalue weighted by atomic mass is 10.2. The fourth-order valence-corrected chi connectivity index (χ4v) is 1.85. The van der Waals surface area contributed by atoms with Crippen molar-refractivity contribution in [3.63, 3.8) is 0 Å². The molecule has 7 nitrogen and oxygen atoms in total. The van der Waals surface area contributed by atoms with Gasteiger partial charge in [0.1, 0.15) is 11.6 Å². The van der Waals surface area contributed by atoms with Gasteiger partial charge < -0.3 is 10.7 Å². The van der Waals surface area contributed by atoms with Crippen molar-refractivity contribution in [1.29, 1.82) is 0 Å². The first-order valence-electron chi connectivity index (χ1n) is 5.81. The quantitative estimate of drug-likeness (QED) is 0.445. The number of pyridine rings is 1. The van der Waals surface area contributed by atoms with E-state index in [9.17, 15) is 14.5 Å². The van der Waals surface area contributed by atoms with Gasteiger partial charge in [0.2, 0.25) is 5.82 Å². The van der Waals surface area contributed by atoms with Gasteiger partial charge in [0.05, 0.1) is 9.95 Å². The highest BCUT2D eigenvalue weighted by molar-refractivity contribution is 6.30. The van der Waals surface area contributed by atoms with Crippen LogP contribution in [0, 0.1) is 15.9 Å². The maximum absolute atomic E-state index is 13.1. The Morgan fingerprint density at radius 3 is 2.76 bits per heavy atom. The lowest BCUT2D eigenvalue weighted by molar-refractivity contribution is -0.384.